The van der Waals surface area contributed by atoms with E-state index in [9.17, 15) is 0 Å². The number of nitrogens with one attached hydrogen (secondary N) is 1. The van der Waals surface area contributed by atoms with E-state index in [1.165, 1.54) is 0 Å². The SMILES string of the molecule is NN.NNC(N)=S. The third-order valence-corrected chi connectivity index (χ3v) is 0.260. The topological polar surface area (TPSA) is 116 Å². The highest BCUT2D eigenvalue weighted by molar-refractivity contribution is 7.80. The zero-order valence-corrected chi connectivity index (χ0v) is 4.53. The second-order valence-electron chi connectivity index (χ2n) is 0.509. The maximum absolute atomic E-state index is 4.79. The molecule has 0 aromatic heterocycles. The fraction of sp³-hybridized carbons (Fsp3) is 0. The van der Waals surface area contributed by atoms with Crippen molar-refractivity contribution in [3.63, 3.8) is 0 Å². The second kappa shape index (κ2) is 9.13. The first kappa shape index (κ1) is 9.76. The molecule has 0 rings (SSSR count). The van der Waals surface area contributed by atoms with E-state index < -0.39 is 0 Å². The van der Waals surface area contributed by atoms with Gasteiger partial charge in [-0.25, -0.2) is 5.84 Å². The van der Waals surface area contributed by atoms with E-state index in [0.29, 0.717) is 0 Å². The molecule has 44 valence electrons. The molecule has 0 aromatic rings. The smallest absolute Gasteiger partial charge is 0.177 e. The molecule has 0 amide bonds. The van der Waals surface area contributed by atoms with Crippen molar-refractivity contribution in [2.45, 2.75) is 0 Å². The van der Waals surface area contributed by atoms with Crippen LogP contribution in [0.15, 0.2) is 0 Å². The van der Waals surface area contributed by atoms with Crippen LogP contribution >= 0.6 is 12.2 Å². The van der Waals surface area contributed by atoms with Gasteiger partial charge in [0, 0.05) is 0 Å². The van der Waals surface area contributed by atoms with E-state index in [0.717, 1.165) is 0 Å². The molecular weight excluding hydrogens is 114 g/mol. The molecule has 0 heterocycles. The molecule has 9 N–H and O–H groups in total. The predicted octanol–water partition coefficient (Wildman–Crippen LogP) is -2.49. The average Bonchev–Trinajstić information content (AvgIpc) is 1.73. The summed E-state index contributed by atoms with van der Waals surface area (Å²) in [5.41, 5.74) is 6.82. The fourth-order valence-electron chi connectivity index (χ4n) is 0. The van der Waals surface area contributed by atoms with Crippen molar-refractivity contribution in [2.75, 3.05) is 0 Å². The minimum atomic E-state index is 0.116. The van der Waals surface area contributed by atoms with Crippen LogP contribution in [0.25, 0.3) is 0 Å². The highest BCUT2D eigenvalue weighted by Gasteiger charge is 1.66. The first-order valence-electron chi connectivity index (χ1n) is 1.36. The van der Waals surface area contributed by atoms with Crippen LogP contribution in [0.1, 0.15) is 0 Å². The van der Waals surface area contributed by atoms with Crippen LogP contribution in [0, 0.1) is 0 Å². The Hall–Kier alpha value is -0.430. The van der Waals surface area contributed by atoms with Gasteiger partial charge in [-0.3, -0.25) is 11.7 Å². The number of hydrazine groups is 2. The third-order valence-electron chi connectivity index (χ3n) is 0.142. The van der Waals surface area contributed by atoms with Gasteiger partial charge in [-0.15, -0.1) is 0 Å². The number of rotatable bonds is 0. The van der Waals surface area contributed by atoms with E-state index in [4.69, 9.17) is 5.73 Å². The maximum atomic E-state index is 4.79. The Labute approximate surface area is 47.0 Å². The average molecular weight is 123 g/mol. The Balaban J connectivity index is 0. The zero-order chi connectivity index (χ0) is 6.28. The molecule has 0 saturated carbocycles. The Kier molecular flexibility index (Phi) is 12.7. The molecule has 0 spiro atoms. The van der Waals surface area contributed by atoms with Crippen molar-refractivity contribution in [3.8, 4) is 0 Å². The molecule has 0 atom stereocenters. The molecule has 0 aliphatic rings. The lowest BCUT2D eigenvalue weighted by Crippen LogP contribution is -2.34. The predicted molar refractivity (Wildman–Crippen MR) is 32.5 cm³/mol. The lowest BCUT2D eigenvalue weighted by Gasteiger charge is -1.85. The summed E-state index contributed by atoms with van der Waals surface area (Å²) in [4.78, 5) is 0. The number of thiocarbonyl (C=S) groups is 1. The van der Waals surface area contributed by atoms with Crippen molar-refractivity contribution in [3.05, 3.63) is 0 Å². The molecule has 7 heavy (non-hydrogen) atoms. The van der Waals surface area contributed by atoms with E-state index in [1.807, 2.05) is 5.43 Å². The van der Waals surface area contributed by atoms with Gasteiger partial charge in [0.05, 0.1) is 0 Å². The largest absolute Gasteiger partial charge is 0.375 e. The molecule has 0 bridgehead atoms. The van der Waals surface area contributed by atoms with Crippen molar-refractivity contribution in [1.82, 2.24) is 5.43 Å². The van der Waals surface area contributed by atoms with Gasteiger partial charge in [0.15, 0.2) is 5.11 Å². The number of nitrogens with two attached hydrogens (primary N) is 4. The van der Waals surface area contributed by atoms with Gasteiger partial charge in [-0.2, -0.15) is 0 Å². The lowest BCUT2D eigenvalue weighted by molar-refractivity contribution is 1.03. The highest BCUT2D eigenvalue weighted by Crippen LogP contribution is 1.40. The van der Waals surface area contributed by atoms with Crippen LogP contribution in [0.3, 0.4) is 0 Å². The van der Waals surface area contributed by atoms with Gasteiger partial charge in [0.25, 0.3) is 0 Å². The zero-order valence-electron chi connectivity index (χ0n) is 3.72. The summed E-state index contributed by atoms with van der Waals surface area (Å²) in [5.74, 6) is 12.7. The molecule has 0 aromatic carbocycles. The van der Waals surface area contributed by atoms with Gasteiger partial charge in [0.1, 0.15) is 0 Å². The summed E-state index contributed by atoms with van der Waals surface area (Å²) in [5, 5.41) is 0.116. The molecule has 0 unspecified atom stereocenters. The Morgan fingerprint density at radius 2 is 1.57 bits per heavy atom. The first-order chi connectivity index (χ1) is 3.27. The van der Waals surface area contributed by atoms with Gasteiger partial charge < -0.3 is 11.2 Å². The van der Waals surface area contributed by atoms with Crippen molar-refractivity contribution in [1.29, 1.82) is 0 Å². The molecule has 6 heteroatoms. The molecule has 0 aliphatic carbocycles. The van der Waals surface area contributed by atoms with E-state index in [2.05, 4.69) is 29.7 Å². The van der Waals surface area contributed by atoms with Crippen molar-refractivity contribution in [2.24, 2.45) is 23.3 Å². The molecular formula is CH9N5S. The summed E-state index contributed by atoms with van der Waals surface area (Å²) in [6.45, 7) is 0. The molecule has 0 aliphatic heterocycles. The van der Waals surface area contributed by atoms with Crippen LogP contribution < -0.4 is 28.7 Å². The fourth-order valence-corrected chi connectivity index (χ4v) is 0. The maximum Gasteiger partial charge on any atom is 0.177 e. The summed E-state index contributed by atoms with van der Waals surface area (Å²) >= 11 is 4.24. The monoisotopic (exact) mass is 123 g/mol. The first-order valence-corrected chi connectivity index (χ1v) is 1.77. The van der Waals surface area contributed by atoms with Crippen LogP contribution in [0.2, 0.25) is 0 Å². The Morgan fingerprint density at radius 3 is 1.57 bits per heavy atom. The minimum absolute atomic E-state index is 0.116. The summed E-state index contributed by atoms with van der Waals surface area (Å²) in [6, 6.07) is 0. The quantitative estimate of drug-likeness (QED) is 0.138. The third kappa shape index (κ3) is 28.8. The minimum Gasteiger partial charge on any atom is -0.375 e. The second-order valence-corrected chi connectivity index (χ2v) is 0.948. The standard InChI is InChI=1S/CH5N3S.H4N2/c2-1(5)4-3;1-2/h3H2,(H3,2,4,5);1-2H2. The molecule has 0 radical (unpaired) electrons. The lowest BCUT2D eigenvalue weighted by atomic mass is 11.2. The summed E-state index contributed by atoms with van der Waals surface area (Å²) in [7, 11) is 0. The van der Waals surface area contributed by atoms with Gasteiger partial charge in [-0.1, -0.05) is 0 Å². The highest BCUT2D eigenvalue weighted by atomic mass is 32.1. The van der Waals surface area contributed by atoms with E-state index >= 15 is 0 Å². The van der Waals surface area contributed by atoms with E-state index in [-0.39, 0.29) is 5.11 Å². The van der Waals surface area contributed by atoms with Crippen LogP contribution in [0.5, 0.6) is 0 Å². The van der Waals surface area contributed by atoms with Gasteiger partial charge >= 0.3 is 0 Å². The van der Waals surface area contributed by atoms with Crippen LogP contribution in [0.4, 0.5) is 0 Å². The summed E-state index contributed by atoms with van der Waals surface area (Å²) < 4.78 is 0. The van der Waals surface area contributed by atoms with Crippen LogP contribution in [-0.2, 0) is 0 Å². The molecule has 0 fully saturated rings. The van der Waals surface area contributed by atoms with E-state index in [1.54, 1.807) is 0 Å². The Morgan fingerprint density at radius 1 is 1.43 bits per heavy atom. The number of hydrogen-bond acceptors (Lipinski definition) is 4. The molecule has 0 saturated heterocycles. The Bertz CT molecular complexity index is 43.3. The number of hydrogen-bond donors (Lipinski definition) is 5. The summed E-state index contributed by atoms with van der Waals surface area (Å²) in [6.07, 6.45) is 0. The molecule has 5 nitrogen and oxygen atoms in total. The van der Waals surface area contributed by atoms with Crippen molar-refractivity contribution < 1.29 is 0 Å². The van der Waals surface area contributed by atoms with Gasteiger partial charge in [-0.05, 0) is 12.2 Å². The van der Waals surface area contributed by atoms with Crippen molar-refractivity contribution >= 4 is 17.3 Å². The van der Waals surface area contributed by atoms with Gasteiger partial charge in [0.2, 0.25) is 0 Å². The van der Waals surface area contributed by atoms with Crippen LogP contribution in [-0.4, -0.2) is 5.11 Å². The normalized spacial score (nSPS) is 5.57.